The highest BCUT2D eigenvalue weighted by Gasteiger charge is 2.83. The molecule has 0 heterocycles. The van der Waals surface area contributed by atoms with Gasteiger partial charge in [-0.3, -0.25) is 0 Å². The van der Waals surface area contributed by atoms with Gasteiger partial charge in [0.05, 0.1) is 0 Å². The zero-order valence-electron chi connectivity index (χ0n) is 8.17. The first-order chi connectivity index (χ1) is 5.56. The van der Waals surface area contributed by atoms with Crippen LogP contribution in [0.3, 0.4) is 0 Å². The average Bonchev–Trinajstić information content (AvgIpc) is 2.72. The number of aliphatic hydroxyl groups excluding tert-OH is 1. The Morgan fingerprint density at radius 3 is 2.50 bits per heavy atom. The van der Waals surface area contributed by atoms with Gasteiger partial charge in [-0.15, -0.1) is 0 Å². The van der Waals surface area contributed by atoms with Gasteiger partial charge in [-0.2, -0.15) is 0 Å². The third-order valence-corrected chi connectivity index (χ3v) is 5.44. The molecule has 0 aromatic carbocycles. The molecule has 1 heteroatoms. The van der Waals surface area contributed by atoms with Crippen molar-refractivity contribution in [2.24, 2.45) is 34.5 Å². The van der Waals surface area contributed by atoms with Gasteiger partial charge >= 0.3 is 0 Å². The molecule has 68 valence electrons. The molecule has 0 spiro atoms. The zero-order valence-corrected chi connectivity index (χ0v) is 8.17. The van der Waals surface area contributed by atoms with Crippen LogP contribution in [0.25, 0.3) is 0 Å². The van der Waals surface area contributed by atoms with E-state index in [1.165, 1.54) is 6.42 Å². The Labute approximate surface area is 74.2 Å². The molecule has 3 rings (SSSR count). The Bertz CT molecular complexity index is 245. The fraction of sp³-hybridized carbons (Fsp3) is 1.00. The maximum absolute atomic E-state index is 9.47. The van der Waals surface area contributed by atoms with Gasteiger partial charge in [0, 0.05) is 12.0 Å². The van der Waals surface area contributed by atoms with Crippen LogP contribution in [-0.4, -0.2) is 11.7 Å². The van der Waals surface area contributed by atoms with Crippen LogP contribution in [0.5, 0.6) is 0 Å². The monoisotopic (exact) mass is 166 g/mol. The molecule has 0 bridgehead atoms. The summed E-state index contributed by atoms with van der Waals surface area (Å²) in [4.78, 5) is 0. The summed E-state index contributed by atoms with van der Waals surface area (Å²) in [6, 6.07) is 0. The van der Waals surface area contributed by atoms with E-state index < -0.39 is 0 Å². The van der Waals surface area contributed by atoms with Crippen molar-refractivity contribution >= 4 is 0 Å². The number of aliphatic hydroxyl groups is 1. The summed E-state index contributed by atoms with van der Waals surface area (Å²) >= 11 is 0. The maximum Gasteiger partial charge on any atom is 0.0495 e. The highest BCUT2D eigenvalue weighted by Crippen LogP contribution is 2.86. The van der Waals surface area contributed by atoms with E-state index >= 15 is 0 Å². The summed E-state index contributed by atoms with van der Waals surface area (Å²) in [5.74, 6) is 3.50. The predicted octanol–water partition coefficient (Wildman–Crippen LogP) is 1.91. The molecule has 0 aromatic rings. The maximum atomic E-state index is 9.47. The van der Waals surface area contributed by atoms with E-state index in [4.69, 9.17) is 0 Å². The molecule has 3 aliphatic carbocycles. The lowest BCUT2D eigenvalue weighted by atomic mass is 9.91. The van der Waals surface area contributed by atoms with Crippen molar-refractivity contribution in [3.63, 3.8) is 0 Å². The quantitative estimate of drug-likeness (QED) is 0.631. The van der Waals surface area contributed by atoms with Crippen molar-refractivity contribution in [2.45, 2.75) is 27.2 Å². The molecule has 5 atom stereocenters. The molecule has 3 aliphatic rings. The van der Waals surface area contributed by atoms with Crippen molar-refractivity contribution in [1.82, 2.24) is 0 Å². The molecular weight excluding hydrogens is 148 g/mol. The van der Waals surface area contributed by atoms with E-state index in [9.17, 15) is 5.11 Å². The molecule has 0 amide bonds. The minimum Gasteiger partial charge on any atom is -0.396 e. The minimum absolute atomic E-state index is 0.383. The van der Waals surface area contributed by atoms with E-state index in [0.29, 0.717) is 17.4 Å². The van der Waals surface area contributed by atoms with Crippen molar-refractivity contribution < 1.29 is 5.11 Å². The van der Waals surface area contributed by atoms with E-state index in [-0.39, 0.29) is 0 Å². The molecule has 0 aliphatic heterocycles. The van der Waals surface area contributed by atoms with Gasteiger partial charge in [-0.05, 0) is 35.5 Å². The van der Waals surface area contributed by atoms with Gasteiger partial charge in [0.25, 0.3) is 0 Å². The molecule has 1 N–H and O–H groups in total. The summed E-state index contributed by atoms with van der Waals surface area (Å²) in [5.41, 5.74) is 0.943. The van der Waals surface area contributed by atoms with Gasteiger partial charge in [-0.1, -0.05) is 20.8 Å². The van der Waals surface area contributed by atoms with Crippen molar-refractivity contribution in [2.75, 3.05) is 6.61 Å². The minimum atomic E-state index is 0.383. The normalized spacial score (nSPS) is 64.0. The van der Waals surface area contributed by atoms with Gasteiger partial charge < -0.3 is 5.11 Å². The first kappa shape index (κ1) is 7.37. The van der Waals surface area contributed by atoms with Crippen LogP contribution in [0.15, 0.2) is 0 Å². The fourth-order valence-corrected chi connectivity index (χ4v) is 4.58. The molecule has 0 radical (unpaired) electrons. The molecule has 3 saturated carbocycles. The number of rotatable bonds is 1. The Morgan fingerprint density at radius 2 is 2.00 bits per heavy atom. The SMILES string of the molecule is C[C@@H]1[C@@H]2C[C@@H]3[C@@H](C3(C)C)[C@]12CO. The van der Waals surface area contributed by atoms with Crippen LogP contribution in [0.1, 0.15) is 27.2 Å². The highest BCUT2D eigenvalue weighted by molar-refractivity contribution is 5.30. The Hall–Kier alpha value is -0.0400. The Balaban J connectivity index is 1.94. The van der Waals surface area contributed by atoms with Gasteiger partial charge in [0.15, 0.2) is 0 Å². The Morgan fingerprint density at radius 1 is 1.33 bits per heavy atom. The second-order valence-electron chi connectivity index (χ2n) is 5.81. The summed E-state index contributed by atoms with van der Waals surface area (Å²) in [6.45, 7) is 7.52. The lowest BCUT2D eigenvalue weighted by molar-refractivity contribution is 0.163. The van der Waals surface area contributed by atoms with Crippen molar-refractivity contribution in [3.05, 3.63) is 0 Å². The van der Waals surface area contributed by atoms with Crippen LogP contribution in [-0.2, 0) is 0 Å². The standard InChI is InChI=1S/C11H18O/c1-6-7-4-8-9(10(8,2)3)11(6,7)5-12/h6-9,12H,4-5H2,1-3H3/t6-,7+,8-,9+,11-/m1/s1. The first-order valence-electron chi connectivity index (χ1n) is 5.17. The summed E-state index contributed by atoms with van der Waals surface area (Å²) in [6.07, 6.45) is 1.40. The average molecular weight is 166 g/mol. The highest BCUT2D eigenvalue weighted by atomic mass is 16.3. The van der Waals surface area contributed by atoms with Crippen molar-refractivity contribution in [3.8, 4) is 0 Å². The van der Waals surface area contributed by atoms with Crippen LogP contribution in [0.2, 0.25) is 0 Å². The molecule has 0 aromatic heterocycles. The molecule has 3 fully saturated rings. The molecule has 0 saturated heterocycles. The second kappa shape index (κ2) is 1.61. The van der Waals surface area contributed by atoms with E-state index in [1.54, 1.807) is 0 Å². The molecule has 1 nitrogen and oxygen atoms in total. The van der Waals surface area contributed by atoms with Crippen LogP contribution in [0, 0.1) is 34.5 Å². The zero-order chi connectivity index (χ0) is 8.72. The van der Waals surface area contributed by atoms with Gasteiger partial charge in [0.1, 0.15) is 0 Å². The number of hydrogen-bond acceptors (Lipinski definition) is 1. The van der Waals surface area contributed by atoms with Crippen LogP contribution in [0.4, 0.5) is 0 Å². The van der Waals surface area contributed by atoms with E-state index in [1.807, 2.05) is 0 Å². The lowest BCUT2D eigenvalue weighted by Gasteiger charge is -2.15. The van der Waals surface area contributed by atoms with Gasteiger partial charge in [-0.25, -0.2) is 0 Å². The van der Waals surface area contributed by atoms with Gasteiger partial charge in [0.2, 0.25) is 0 Å². The number of fused-ring (bicyclic) bond motifs is 3. The van der Waals surface area contributed by atoms with E-state index in [2.05, 4.69) is 20.8 Å². The van der Waals surface area contributed by atoms with E-state index in [0.717, 1.165) is 23.7 Å². The Kier molecular flexibility index (Phi) is 0.991. The second-order valence-corrected chi connectivity index (χ2v) is 5.81. The smallest absolute Gasteiger partial charge is 0.0495 e. The number of hydrogen-bond donors (Lipinski definition) is 1. The lowest BCUT2D eigenvalue weighted by Crippen LogP contribution is -2.16. The first-order valence-corrected chi connectivity index (χ1v) is 5.17. The van der Waals surface area contributed by atoms with Crippen molar-refractivity contribution in [1.29, 1.82) is 0 Å². The summed E-state index contributed by atoms with van der Waals surface area (Å²) < 4.78 is 0. The molecule has 12 heavy (non-hydrogen) atoms. The summed E-state index contributed by atoms with van der Waals surface area (Å²) in [5, 5.41) is 9.47. The third-order valence-electron chi connectivity index (χ3n) is 5.44. The summed E-state index contributed by atoms with van der Waals surface area (Å²) in [7, 11) is 0. The third kappa shape index (κ3) is 0.477. The topological polar surface area (TPSA) is 20.2 Å². The molecule has 0 unspecified atom stereocenters. The molecular formula is C11H18O. The van der Waals surface area contributed by atoms with Crippen LogP contribution < -0.4 is 0 Å². The fourth-order valence-electron chi connectivity index (χ4n) is 4.58. The predicted molar refractivity (Wildman–Crippen MR) is 47.6 cm³/mol. The largest absolute Gasteiger partial charge is 0.396 e. The van der Waals surface area contributed by atoms with Crippen LogP contribution >= 0.6 is 0 Å².